The molecule has 0 radical (unpaired) electrons. The zero-order valence-corrected chi connectivity index (χ0v) is 20.6. The maximum absolute atomic E-state index is 12.6. The molecular formula is C23H34N6O2S. The highest BCUT2D eigenvalue weighted by molar-refractivity contribution is 7.90. The molecule has 0 aliphatic rings. The van der Waals surface area contributed by atoms with E-state index in [4.69, 9.17) is 4.98 Å². The summed E-state index contributed by atoms with van der Waals surface area (Å²) in [7, 11) is 1.45. The minimum absolute atomic E-state index is 0.0899. The molecule has 0 spiro atoms. The van der Waals surface area contributed by atoms with Crippen molar-refractivity contribution in [3.63, 3.8) is 0 Å². The molecular weight excluding hydrogens is 424 g/mol. The SMILES string of the molecule is CCCCN(C)Cc1cccc(-c2cc(NS(=O)(=O)N(C)C)c3cnn(C(C)C)c3n2)c1. The second-order valence-electron chi connectivity index (χ2n) is 8.66. The lowest BCUT2D eigenvalue weighted by Gasteiger charge is -2.17. The number of pyridine rings is 1. The van der Waals surface area contributed by atoms with Gasteiger partial charge >= 0.3 is 10.2 Å². The van der Waals surface area contributed by atoms with Gasteiger partial charge in [0.15, 0.2) is 5.65 Å². The monoisotopic (exact) mass is 458 g/mol. The highest BCUT2D eigenvalue weighted by Crippen LogP contribution is 2.31. The molecule has 2 heterocycles. The van der Waals surface area contributed by atoms with Crippen molar-refractivity contribution in [2.75, 3.05) is 32.4 Å². The predicted octanol–water partition coefficient (Wildman–Crippen LogP) is 4.13. The van der Waals surface area contributed by atoms with Gasteiger partial charge in [0.2, 0.25) is 0 Å². The Balaban J connectivity index is 2.07. The average molecular weight is 459 g/mol. The molecule has 0 bridgehead atoms. The molecule has 0 saturated heterocycles. The molecule has 1 N–H and O–H groups in total. The molecule has 2 aromatic heterocycles. The van der Waals surface area contributed by atoms with Crippen LogP contribution < -0.4 is 4.72 Å². The van der Waals surface area contributed by atoms with E-state index in [0.717, 1.165) is 23.0 Å². The van der Waals surface area contributed by atoms with E-state index in [2.05, 4.69) is 40.8 Å². The Morgan fingerprint density at radius 3 is 2.56 bits per heavy atom. The fraction of sp³-hybridized carbons (Fsp3) is 0.478. The van der Waals surface area contributed by atoms with Gasteiger partial charge in [0.1, 0.15) is 0 Å². The minimum atomic E-state index is -3.67. The molecule has 0 aliphatic carbocycles. The average Bonchev–Trinajstić information content (AvgIpc) is 3.17. The number of nitrogens with zero attached hydrogens (tertiary/aromatic N) is 5. The largest absolute Gasteiger partial charge is 0.302 e. The highest BCUT2D eigenvalue weighted by atomic mass is 32.2. The molecule has 0 atom stereocenters. The zero-order chi connectivity index (χ0) is 23.5. The third-order valence-corrected chi connectivity index (χ3v) is 6.78. The summed E-state index contributed by atoms with van der Waals surface area (Å²) in [4.78, 5) is 7.18. The molecule has 32 heavy (non-hydrogen) atoms. The third kappa shape index (κ3) is 5.46. The highest BCUT2D eigenvalue weighted by Gasteiger charge is 2.19. The van der Waals surface area contributed by atoms with Gasteiger partial charge in [0.05, 0.1) is 23.0 Å². The summed E-state index contributed by atoms with van der Waals surface area (Å²) >= 11 is 0. The van der Waals surface area contributed by atoms with Crippen LogP contribution in [0, 0.1) is 0 Å². The Kier molecular flexibility index (Phi) is 7.53. The normalized spacial score (nSPS) is 12.4. The molecule has 0 saturated carbocycles. The number of anilines is 1. The zero-order valence-electron chi connectivity index (χ0n) is 19.8. The van der Waals surface area contributed by atoms with E-state index in [1.807, 2.05) is 30.7 Å². The molecule has 0 aliphatic heterocycles. The number of aromatic nitrogens is 3. The lowest BCUT2D eigenvalue weighted by atomic mass is 10.1. The lowest BCUT2D eigenvalue weighted by molar-refractivity contribution is 0.321. The first kappa shape index (κ1) is 24.2. The Hall–Kier alpha value is -2.49. The number of hydrogen-bond donors (Lipinski definition) is 1. The van der Waals surface area contributed by atoms with Crippen LogP contribution >= 0.6 is 0 Å². The third-order valence-electron chi connectivity index (χ3n) is 5.34. The van der Waals surface area contributed by atoms with Crippen molar-refractivity contribution in [3.05, 3.63) is 42.1 Å². The van der Waals surface area contributed by atoms with Crippen LogP contribution in [0.15, 0.2) is 36.5 Å². The molecule has 8 nitrogen and oxygen atoms in total. The molecule has 3 aromatic rings. The summed E-state index contributed by atoms with van der Waals surface area (Å²) in [5, 5.41) is 5.12. The van der Waals surface area contributed by atoms with Crippen molar-refractivity contribution in [2.24, 2.45) is 0 Å². The molecule has 9 heteroatoms. The van der Waals surface area contributed by atoms with Crippen LogP contribution in [0.1, 0.15) is 45.2 Å². The van der Waals surface area contributed by atoms with Crippen molar-refractivity contribution in [1.29, 1.82) is 0 Å². The topological polar surface area (TPSA) is 83.4 Å². The lowest BCUT2D eigenvalue weighted by Crippen LogP contribution is -2.29. The van der Waals surface area contributed by atoms with Crippen LogP contribution in [-0.2, 0) is 16.8 Å². The Bertz CT molecular complexity index is 1170. The number of hydrogen-bond acceptors (Lipinski definition) is 5. The molecule has 1 aromatic carbocycles. The van der Waals surface area contributed by atoms with Gasteiger partial charge in [0.25, 0.3) is 0 Å². The maximum Gasteiger partial charge on any atom is 0.301 e. The Morgan fingerprint density at radius 1 is 1.16 bits per heavy atom. The van der Waals surface area contributed by atoms with E-state index in [1.54, 1.807) is 12.3 Å². The first-order valence-corrected chi connectivity index (χ1v) is 12.4. The van der Waals surface area contributed by atoms with Gasteiger partial charge < -0.3 is 4.90 Å². The number of benzene rings is 1. The second kappa shape index (κ2) is 9.97. The van der Waals surface area contributed by atoms with Crippen molar-refractivity contribution >= 4 is 26.9 Å². The summed E-state index contributed by atoms with van der Waals surface area (Å²) in [5.41, 5.74) is 3.95. The number of unbranched alkanes of at least 4 members (excludes halogenated alkanes) is 1. The smallest absolute Gasteiger partial charge is 0.301 e. The number of nitrogens with one attached hydrogen (secondary N) is 1. The molecule has 3 rings (SSSR count). The van der Waals surface area contributed by atoms with Gasteiger partial charge in [-0.05, 0) is 51.6 Å². The quantitative estimate of drug-likeness (QED) is 0.494. The summed E-state index contributed by atoms with van der Waals surface area (Å²) in [6, 6.07) is 10.1. The predicted molar refractivity (Wildman–Crippen MR) is 131 cm³/mol. The van der Waals surface area contributed by atoms with Gasteiger partial charge in [-0.15, -0.1) is 0 Å². The number of rotatable bonds is 10. The fourth-order valence-corrected chi connectivity index (χ4v) is 4.14. The van der Waals surface area contributed by atoms with Crippen LogP contribution in [0.2, 0.25) is 0 Å². The molecule has 0 amide bonds. The van der Waals surface area contributed by atoms with Gasteiger partial charge in [-0.25, -0.2) is 9.67 Å². The molecule has 0 fully saturated rings. The Morgan fingerprint density at radius 2 is 1.91 bits per heavy atom. The number of fused-ring (bicyclic) bond motifs is 1. The Labute approximate surface area is 191 Å². The van der Waals surface area contributed by atoms with Crippen LogP contribution in [-0.4, -0.2) is 60.1 Å². The van der Waals surface area contributed by atoms with Crippen molar-refractivity contribution in [3.8, 4) is 11.3 Å². The van der Waals surface area contributed by atoms with E-state index >= 15 is 0 Å². The first-order chi connectivity index (χ1) is 15.1. The fourth-order valence-electron chi connectivity index (χ4n) is 3.51. The van der Waals surface area contributed by atoms with E-state index in [0.29, 0.717) is 22.4 Å². The van der Waals surface area contributed by atoms with Crippen LogP contribution in [0.25, 0.3) is 22.3 Å². The summed E-state index contributed by atoms with van der Waals surface area (Å²) in [5.74, 6) is 0. The van der Waals surface area contributed by atoms with Gasteiger partial charge in [0, 0.05) is 32.2 Å². The van der Waals surface area contributed by atoms with E-state index in [1.165, 1.54) is 32.5 Å². The maximum atomic E-state index is 12.6. The summed E-state index contributed by atoms with van der Waals surface area (Å²) < 4.78 is 30.8. The van der Waals surface area contributed by atoms with Crippen molar-refractivity contribution in [1.82, 2.24) is 24.0 Å². The summed E-state index contributed by atoms with van der Waals surface area (Å²) in [6.45, 7) is 8.14. The van der Waals surface area contributed by atoms with Crippen molar-refractivity contribution < 1.29 is 8.42 Å². The second-order valence-corrected chi connectivity index (χ2v) is 10.5. The summed E-state index contributed by atoms with van der Waals surface area (Å²) in [6.07, 6.45) is 4.01. The minimum Gasteiger partial charge on any atom is -0.302 e. The molecule has 0 unspecified atom stereocenters. The van der Waals surface area contributed by atoms with Gasteiger partial charge in [-0.3, -0.25) is 4.72 Å². The van der Waals surface area contributed by atoms with E-state index in [9.17, 15) is 8.42 Å². The van der Waals surface area contributed by atoms with Gasteiger partial charge in [-0.2, -0.15) is 17.8 Å². The first-order valence-electron chi connectivity index (χ1n) is 11.0. The standard InChI is InChI=1S/C23H34N6O2S/c1-7-8-12-28(6)16-18-10-9-11-19(13-18)21-14-22(26-32(30,31)27(4)5)20-15-24-29(17(2)3)23(20)25-21/h9-11,13-15,17H,7-8,12,16H2,1-6H3,(H,25,26). The molecule has 174 valence electrons. The van der Waals surface area contributed by atoms with E-state index in [-0.39, 0.29) is 6.04 Å². The van der Waals surface area contributed by atoms with Crippen molar-refractivity contribution in [2.45, 2.75) is 46.2 Å². The van der Waals surface area contributed by atoms with Gasteiger partial charge in [-0.1, -0.05) is 31.5 Å². The van der Waals surface area contributed by atoms with Crippen LogP contribution in [0.5, 0.6) is 0 Å². The van der Waals surface area contributed by atoms with Crippen LogP contribution in [0.4, 0.5) is 5.69 Å². The van der Waals surface area contributed by atoms with Crippen LogP contribution in [0.3, 0.4) is 0 Å². The van der Waals surface area contributed by atoms with E-state index < -0.39 is 10.2 Å².